The van der Waals surface area contributed by atoms with E-state index in [1.807, 2.05) is 41.3 Å². The molecule has 154 valence electrons. The highest BCUT2D eigenvalue weighted by Crippen LogP contribution is 2.42. The number of nitrogens with one attached hydrogen (secondary N) is 2. The van der Waals surface area contributed by atoms with Crippen LogP contribution in [0.25, 0.3) is 0 Å². The van der Waals surface area contributed by atoms with Gasteiger partial charge in [0.25, 0.3) is 0 Å². The molecule has 1 amide bonds. The van der Waals surface area contributed by atoms with Crippen LogP contribution in [0.2, 0.25) is 5.02 Å². The van der Waals surface area contributed by atoms with Crippen LogP contribution >= 0.6 is 23.8 Å². The first-order valence-electron chi connectivity index (χ1n) is 9.21. The van der Waals surface area contributed by atoms with Gasteiger partial charge in [-0.1, -0.05) is 17.7 Å². The summed E-state index contributed by atoms with van der Waals surface area (Å²) in [6.07, 6.45) is 3.38. The second-order valence-electron chi connectivity index (χ2n) is 6.66. The van der Waals surface area contributed by atoms with Gasteiger partial charge in [0.15, 0.2) is 5.11 Å². The lowest BCUT2D eigenvalue weighted by molar-refractivity contribution is -0.119. The number of carbonyl (C=O) groups is 1. The van der Waals surface area contributed by atoms with Gasteiger partial charge in [-0.3, -0.25) is 9.78 Å². The zero-order valence-electron chi connectivity index (χ0n) is 16.0. The Morgan fingerprint density at radius 3 is 2.87 bits per heavy atom. The quantitative estimate of drug-likeness (QED) is 0.556. The van der Waals surface area contributed by atoms with Gasteiger partial charge in [-0.2, -0.15) is 0 Å². The van der Waals surface area contributed by atoms with Crippen LogP contribution in [-0.4, -0.2) is 29.7 Å². The number of ether oxygens (including phenoxy) is 1. The number of pyridine rings is 1. The molecular weight excluding hydrogens is 424 g/mol. The van der Waals surface area contributed by atoms with Crippen molar-refractivity contribution in [2.75, 3.05) is 23.9 Å². The van der Waals surface area contributed by atoms with Crippen LogP contribution in [0.1, 0.15) is 23.5 Å². The topological polar surface area (TPSA) is 79.6 Å². The van der Waals surface area contributed by atoms with Gasteiger partial charge >= 0.3 is 0 Å². The molecule has 9 heteroatoms. The van der Waals surface area contributed by atoms with Gasteiger partial charge in [0.2, 0.25) is 5.91 Å². The Bertz CT molecular complexity index is 1050. The number of halogens is 1. The number of furan rings is 1. The Morgan fingerprint density at radius 2 is 2.20 bits per heavy atom. The van der Waals surface area contributed by atoms with Gasteiger partial charge < -0.3 is 24.7 Å². The Hall–Kier alpha value is -2.94. The number of aromatic nitrogens is 1. The summed E-state index contributed by atoms with van der Waals surface area (Å²) in [6, 6.07) is 14.4. The van der Waals surface area contributed by atoms with Gasteiger partial charge in [0, 0.05) is 19.0 Å². The zero-order chi connectivity index (χ0) is 21.1. The van der Waals surface area contributed by atoms with E-state index < -0.39 is 0 Å². The predicted molar refractivity (Wildman–Crippen MR) is 119 cm³/mol. The lowest BCUT2D eigenvalue weighted by atomic mass is 10.0. The zero-order valence-corrected chi connectivity index (χ0v) is 17.6. The average Bonchev–Trinajstić information content (AvgIpc) is 3.38. The van der Waals surface area contributed by atoms with E-state index in [0.717, 1.165) is 17.1 Å². The molecule has 1 aliphatic heterocycles. The summed E-state index contributed by atoms with van der Waals surface area (Å²) in [4.78, 5) is 18.2. The van der Waals surface area contributed by atoms with Crippen molar-refractivity contribution in [3.05, 3.63) is 77.5 Å². The Kier molecular flexibility index (Phi) is 5.98. The largest absolute Gasteiger partial charge is 0.467 e. The number of hydrogen-bond donors (Lipinski definition) is 2. The fourth-order valence-corrected chi connectivity index (χ4v) is 4.02. The molecule has 3 aromatic rings. The van der Waals surface area contributed by atoms with Crippen molar-refractivity contribution < 1.29 is 13.9 Å². The normalized spacial score (nSPS) is 18.3. The van der Waals surface area contributed by atoms with Crippen molar-refractivity contribution in [2.24, 2.45) is 0 Å². The van der Waals surface area contributed by atoms with E-state index in [-0.39, 0.29) is 24.6 Å². The van der Waals surface area contributed by atoms with Crippen LogP contribution in [0.15, 0.2) is 65.4 Å². The summed E-state index contributed by atoms with van der Waals surface area (Å²) in [5, 5.41) is 6.98. The molecule has 0 aliphatic carbocycles. The smallest absolute Gasteiger partial charge is 0.250 e. The van der Waals surface area contributed by atoms with E-state index in [2.05, 4.69) is 15.6 Å². The monoisotopic (exact) mass is 442 g/mol. The summed E-state index contributed by atoms with van der Waals surface area (Å²) < 4.78 is 10.6. The Morgan fingerprint density at radius 1 is 1.33 bits per heavy atom. The molecule has 1 fully saturated rings. The summed E-state index contributed by atoms with van der Waals surface area (Å²) in [5.74, 6) is 0.459. The van der Waals surface area contributed by atoms with Crippen molar-refractivity contribution in [1.82, 2.24) is 10.3 Å². The number of carbonyl (C=O) groups excluding carboxylic acids is 1. The predicted octanol–water partition coefficient (Wildman–Crippen LogP) is 4.09. The molecule has 2 aromatic heterocycles. The fourth-order valence-electron chi connectivity index (χ4n) is 3.45. The van der Waals surface area contributed by atoms with Crippen LogP contribution < -0.4 is 15.5 Å². The number of methoxy groups -OCH3 is 1. The number of nitrogens with zero attached hydrogens (tertiary/aromatic N) is 2. The van der Waals surface area contributed by atoms with Crippen molar-refractivity contribution in [3.8, 4) is 0 Å². The molecule has 3 heterocycles. The summed E-state index contributed by atoms with van der Waals surface area (Å²) in [6.45, 7) is -0.0511. The number of thiocarbonyl (C=S) groups is 1. The third-order valence-corrected chi connectivity index (χ3v) is 5.34. The molecule has 2 N–H and O–H groups in total. The molecular formula is C21H19ClN4O3S. The second-order valence-corrected chi connectivity index (χ2v) is 7.45. The van der Waals surface area contributed by atoms with Gasteiger partial charge in [0.05, 0.1) is 28.7 Å². The second kappa shape index (κ2) is 8.83. The Labute approximate surface area is 184 Å². The third kappa shape index (κ3) is 4.02. The number of amides is 1. The molecule has 7 nitrogen and oxygen atoms in total. The molecule has 2 atom stereocenters. The minimum absolute atomic E-state index is 0.0511. The first-order chi connectivity index (χ1) is 14.6. The molecule has 0 spiro atoms. The summed E-state index contributed by atoms with van der Waals surface area (Å²) in [7, 11) is 1.46. The van der Waals surface area contributed by atoms with Crippen molar-refractivity contribution in [3.63, 3.8) is 0 Å². The highest BCUT2D eigenvalue weighted by Gasteiger charge is 2.42. The highest BCUT2D eigenvalue weighted by atomic mass is 35.5. The van der Waals surface area contributed by atoms with Crippen molar-refractivity contribution in [1.29, 1.82) is 0 Å². The third-order valence-electron chi connectivity index (χ3n) is 4.71. The van der Waals surface area contributed by atoms with E-state index in [9.17, 15) is 4.79 Å². The van der Waals surface area contributed by atoms with Gasteiger partial charge in [-0.05, 0) is 54.7 Å². The lowest BCUT2D eigenvalue weighted by Crippen LogP contribution is -2.29. The maximum absolute atomic E-state index is 11.8. The summed E-state index contributed by atoms with van der Waals surface area (Å²) in [5.41, 5.74) is 2.11. The number of rotatable bonds is 6. The molecule has 1 aliphatic rings. The van der Waals surface area contributed by atoms with E-state index in [1.165, 1.54) is 7.11 Å². The SMILES string of the molecule is COCC(=O)Nc1ccc(N2C(=S)NC(c3ccccn3)C2c2ccco2)cc1Cl. The molecule has 30 heavy (non-hydrogen) atoms. The van der Waals surface area contributed by atoms with Crippen LogP contribution in [-0.2, 0) is 9.53 Å². The standard InChI is InChI=1S/C21H19ClN4O3S/c1-28-12-18(27)24-15-8-7-13(11-14(15)22)26-20(17-6-4-10-29-17)19(25-21(26)30)16-5-2-3-9-23-16/h2-11,19-20H,12H2,1H3,(H,24,27)(H,25,30). The number of benzene rings is 1. The first kappa shape index (κ1) is 20.3. The maximum atomic E-state index is 11.8. The van der Waals surface area contributed by atoms with Crippen LogP contribution in [0, 0.1) is 0 Å². The highest BCUT2D eigenvalue weighted by molar-refractivity contribution is 7.80. The number of hydrogen-bond acceptors (Lipinski definition) is 5. The van der Waals surface area contributed by atoms with E-state index in [1.54, 1.807) is 24.6 Å². The van der Waals surface area contributed by atoms with Crippen LogP contribution in [0.3, 0.4) is 0 Å². The van der Waals surface area contributed by atoms with Crippen LogP contribution in [0.4, 0.5) is 11.4 Å². The summed E-state index contributed by atoms with van der Waals surface area (Å²) >= 11 is 12.1. The molecule has 1 aromatic carbocycles. The van der Waals surface area contributed by atoms with E-state index in [0.29, 0.717) is 15.8 Å². The average molecular weight is 443 g/mol. The molecule has 0 saturated carbocycles. The van der Waals surface area contributed by atoms with Gasteiger partial charge in [-0.25, -0.2) is 0 Å². The van der Waals surface area contributed by atoms with Crippen molar-refractivity contribution >= 4 is 46.2 Å². The lowest BCUT2D eigenvalue weighted by Gasteiger charge is -2.26. The minimum atomic E-state index is -0.283. The maximum Gasteiger partial charge on any atom is 0.250 e. The molecule has 4 rings (SSSR count). The van der Waals surface area contributed by atoms with Crippen molar-refractivity contribution in [2.45, 2.75) is 12.1 Å². The van der Waals surface area contributed by atoms with Gasteiger partial charge in [0.1, 0.15) is 18.4 Å². The van der Waals surface area contributed by atoms with Gasteiger partial charge in [-0.15, -0.1) is 0 Å². The number of anilines is 2. The molecule has 1 saturated heterocycles. The minimum Gasteiger partial charge on any atom is -0.467 e. The fraction of sp³-hybridized carbons (Fsp3) is 0.190. The Balaban J connectivity index is 1.69. The van der Waals surface area contributed by atoms with E-state index >= 15 is 0 Å². The van der Waals surface area contributed by atoms with Crippen LogP contribution in [0.5, 0.6) is 0 Å². The molecule has 0 bridgehead atoms. The molecule has 2 unspecified atom stereocenters. The van der Waals surface area contributed by atoms with E-state index in [4.69, 9.17) is 33.0 Å². The molecule has 0 radical (unpaired) electrons. The first-order valence-corrected chi connectivity index (χ1v) is 9.99.